The fourth-order valence-electron chi connectivity index (χ4n) is 1.74. The van der Waals surface area contributed by atoms with E-state index < -0.39 is 17.9 Å². The Morgan fingerprint density at radius 1 is 1.32 bits per heavy atom. The molecule has 0 atom stereocenters. The van der Waals surface area contributed by atoms with Gasteiger partial charge in [-0.1, -0.05) is 15.9 Å². The number of ether oxygens (including phenoxy) is 2. The van der Waals surface area contributed by atoms with Crippen LogP contribution in [0.4, 0.5) is 4.79 Å². The van der Waals surface area contributed by atoms with E-state index in [1.807, 2.05) is 0 Å². The van der Waals surface area contributed by atoms with Crippen LogP contribution >= 0.6 is 15.9 Å². The quantitative estimate of drug-likeness (QED) is 0.467. The number of nitrogens with one attached hydrogen (secondary N) is 2. The predicted molar refractivity (Wildman–Crippen MR) is 80.9 cm³/mol. The fourth-order valence-corrected chi connectivity index (χ4v) is 2.12. The van der Waals surface area contributed by atoms with Crippen molar-refractivity contribution < 1.29 is 23.9 Å². The van der Waals surface area contributed by atoms with Gasteiger partial charge >= 0.3 is 12.0 Å². The Balaban J connectivity index is 2.21. The summed E-state index contributed by atoms with van der Waals surface area (Å²) in [6.45, 7) is 1.73. The van der Waals surface area contributed by atoms with Gasteiger partial charge < -0.3 is 14.8 Å². The largest absolute Gasteiger partial charge is 0.481 e. The van der Waals surface area contributed by atoms with Crippen LogP contribution in [0.15, 0.2) is 28.4 Å². The van der Waals surface area contributed by atoms with Gasteiger partial charge in [-0.05, 0) is 31.2 Å². The predicted octanol–water partition coefficient (Wildman–Crippen LogP) is 1.57. The van der Waals surface area contributed by atoms with Gasteiger partial charge in [0, 0.05) is 10.0 Å². The molecule has 1 aromatic rings. The Morgan fingerprint density at radius 3 is 2.73 bits per heavy atom. The Labute approximate surface area is 134 Å². The average Bonchev–Trinajstić information content (AvgIpc) is 2.76. The maximum Gasteiger partial charge on any atom is 0.344 e. The van der Waals surface area contributed by atoms with Gasteiger partial charge in [0.25, 0.3) is 5.91 Å². The van der Waals surface area contributed by atoms with E-state index in [1.165, 1.54) is 6.08 Å². The van der Waals surface area contributed by atoms with Crippen molar-refractivity contribution in [3.8, 4) is 5.75 Å². The average molecular weight is 369 g/mol. The van der Waals surface area contributed by atoms with Crippen LogP contribution in [0.25, 0.3) is 6.08 Å². The van der Waals surface area contributed by atoms with E-state index in [-0.39, 0.29) is 18.9 Å². The van der Waals surface area contributed by atoms with E-state index in [9.17, 15) is 14.4 Å². The SMILES string of the molecule is CCOC(=O)COc1ccc(Br)cc1/C=C1/NC(=O)NC1=O. The lowest BCUT2D eigenvalue weighted by molar-refractivity contribution is -0.145. The number of rotatable bonds is 5. The molecule has 1 aromatic carbocycles. The van der Waals surface area contributed by atoms with Crippen molar-refractivity contribution in [2.24, 2.45) is 0 Å². The van der Waals surface area contributed by atoms with Crippen molar-refractivity contribution in [3.05, 3.63) is 33.9 Å². The zero-order valence-corrected chi connectivity index (χ0v) is 13.2. The van der Waals surface area contributed by atoms with Crippen LogP contribution in [-0.2, 0) is 14.3 Å². The maximum atomic E-state index is 11.5. The first-order valence-electron chi connectivity index (χ1n) is 6.41. The van der Waals surface area contributed by atoms with Gasteiger partial charge in [-0.15, -0.1) is 0 Å². The van der Waals surface area contributed by atoms with E-state index >= 15 is 0 Å². The molecule has 3 amide bonds. The van der Waals surface area contributed by atoms with Crippen LogP contribution in [0.3, 0.4) is 0 Å². The molecule has 1 heterocycles. The number of carbonyl (C=O) groups excluding carboxylic acids is 3. The number of benzene rings is 1. The zero-order valence-electron chi connectivity index (χ0n) is 11.6. The van der Waals surface area contributed by atoms with Crippen molar-refractivity contribution in [1.29, 1.82) is 0 Å². The number of imide groups is 1. The van der Waals surface area contributed by atoms with E-state index in [1.54, 1.807) is 25.1 Å². The highest BCUT2D eigenvalue weighted by Crippen LogP contribution is 2.25. The molecule has 2 rings (SSSR count). The minimum atomic E-state index is -0.583. The first-order valence-corrected chi connectivity index (χ1v) is 7.21. The molecule has 116 valence electrons. The monoisotopic (exact) mass is 368 g/mol. The number of carbonyl (C=O) groups is 3. The standard InChI is InChI=1S/C14H13BrN2O5/c1-2-21-12(18)7-22-11-4-3-9(15)5-8(11)6-10-13(19)17-14(20)16-10/h3-6H,2,7H2,1H3,(H2,16,17,19,20)/b10-6+. The molecule has 7 nitrogen and oxygen atoms in total. The van der Waals surface area contributed by atoms with Gasteiger partial charge in [-0.3, -0.25) is 10.1 Å². The van der Waals surface area contributed by atoms with Gasteiger partial charge in [0.1, 0.15) is 11.4 Å². The van der Waals surface area contributed by atoms with Crippen molar-refractivity contribution in [1.82, 2.24) is 10.6 Å². The topological polar surface area (TPSA) is 93.7 Å². The molecule has 0 unspecified atom stereocenters. The summed E-state index contributed by atoms with van der Waals surface area (Å²) in [5.41, 5.74) is 0.634. The Hall–Kier alpha value is -2.35. The smallest absolute Gasteiger partial charge is 0.344 e. The summed E-state index contributed by atoms with van der Waals surface area (Å²) in [4.78, 5) is 34.0. The highest BCUT2D eigenvalue weighted by Gasteiger charge is 2.23. The molecular formula is C14H13BrN2O5. The van der Waals surface area contributed by atoms with Crippen LogP contribution in [0.5, 0.6) is 5.75 Å². The summed E-state index contributed by atoms with van der Waals surface area (Å²) in [6, 6.07) is 4.49. The highest BCUT2D eigenvalue weighted by atomic mass is 79.9. The molecule has 1 fully saturated rings. The van der Waals surface area contributed by atoms with Crippen LogP contribution in [0.1, 0.15) is 12.5 Å². The molecule has 1 saturated heterocycles. The van der Waals surface area contributed by atoms with Crippen molar-refractivity contribution in [2.75, 3.05) is 13.2 Å². The van der Waals surface area contributed by atoms with Crippen molar-refractivity contribution in [3.63, 3.8) is 0 Å². The maximum absolute atomic E-state index is 11.5. The summed E-state index contributed by atoms with van der Waals surface area (Å²) in [5.74, 6) is -0.630. The number of hydrogen-bond donors (Lipinski definition) is 2. The summed E-state index contributed by atoms with van der Waals surface area (Å²) in [6.07, 6.45) is 1.46. The molecule has 0 spiro atoms. The number of halogens is 1. The van der Waals surface area contributed by atoms with Gasteiger partial charge in [0.15, 0.2) is 6.61 Å². The highest BCUT2D eigenvalue weighted by molar-refractivity contribution is 9.10. The number of amides is 3. The molecule has 0 bridgehead atoms. The lowest BCUT2D eigenvalue weighted by Crippen LogP contribution is -2.22. The number of esters is 1. The normalized spacial score (nSPS) is 15.5. The molecule has 2 N–H and O–H groups in total. The van der Waals surface area contributed by atoms with E-state index in [0.29, 0.717) is 11.3 Å². The van der Waals surface area contributed by atoms with Gasteiger partial charge in [0.05, 0.1) is 6.61 Å². The molecule has 22 heavy (non-hydrogen) atoms. The minimum absolute atomic E-state index is 0.101. The van der Waals surface area contributed by atoms with Gasteiger partial charge in [0.2, 0.25) is 0 Å². The van der Waals surface area contributed by atoms with Crippen LogP contribution in [-0.4, -0.2) is 31.1 Å². The molecule has 1 aliphatic rings. The Bertz CT molecular complexity index is 657. The first-order chi connectivity index (χ1) is 10.5. The summed E-state index contributed by atoms with van der Waals surface area (Å²) >= 11 is 3.31. The van der Waals surface area contributed by atoms with E-state index in [4.69, 9.17) is 9.47 Å². The third-order valence-electron chi connectivity index (χ3n) is 2.64. The van der Waals surface area contributed by atoms with Gasteiger partial charge in [-0.2, -0.15) is 0 Å². The number of urea groups is 1. The summed E-state index contributed by atoms with van der Waals surface area (Å²) in [7, 11) is 0. The molecule has 0 aromatic heterocycles. The summed E-state index contributed by atoms with van der Waals surface area (Å²) in [5, 5.41) is 4.49. The lowest BCUT2D eigenvalue weighted by Gasteiger charge is -2.09. The van der Waals surface area contributed by atoms with Crippen molar-refractivity contribution in [2.45, 2.75) is 6.92 Å². The fraction of sp³-hybridized carbons (Fsp3) is 0.214. The lowest BCUT2D eigenvalue weighted by atomic mass is 10.1. The molecule has 0 aliphatic carbocycles. The van der Waals surface area contributed by atoms with Crippen LogP contribution in [0.2, 0.25) is 0 Å². The second kappa shape index (κ2) is 7.08. The molecular weight excluding hydrogens is 356 g/mol. The van der Waals surface area contributed by atoms with E-state index in [0.717, 1.165) is 4.47 Å². The molecule has 0 saturated carbocycles. The van der Waals surface area contributed by atoms with Gasteiger partial charge in [-0.25, -0.2) is 9.59 Å². The molecule has 1 aliphatic heterocycles. The number of hydrogen-bond acceptors (Lipinski definition) is 5. The Morgan fingerprint density at radius 2 is 2.09 bits per heavy atom. The Kier molecular flexibility index (Phi) is 5.16. The van der Waals surface area contributed by atoms with E-state index in [2.05, 4.69) is 26.6 Å². The first kappa shape index (κ1) is 16.0. The van der Waals surface area contributed by atoms with Crippen LogP contribution < -0.4 is 15.4 Å². The third kappa shape index (κ3) is 4.08. The second-order valence-corrected chi connectivity index (χ2v) is 5.16. The molecule has 0 radical (unpaired) electrons. The third-order valence-corrected chi connectivity index (χ3v) is 3.14. The molecule has 8 heteroatoms. The summed E-state index contributed by atoms with van der Waals surface area (Å²) < 4.78 is 10.9. The zero-order chi connectivity index (χ0) is 16.1. The minimum Gasteiger partial charge on any atom is -0.481 e. The van der Waals surface area contributed by atoms with Crippen molar-refractivity contribution >= 4 is 39.9 Å². The second-order valence-electron chi connectivity index (χ2n) is 4.24. The van der Waals surface area contributed by atoms with Crippen LogP contribution in [0, 0.1) is 0 Å².